The Hall–Kier alpha value is -3.15. The highest BCUT2D eigenvalue weighted by atomic mass is 19.1. The highest BCUT2D eigenvalue weighted by Crippen LogP contribution is 2.14. The van der Waals surface area contributed by atoms with E-state index in [4.69, 9.17) is 4.74 Å². The molecule has 0 radical (unpaired) electrons. The number of benzene rings is 2. The van der Waals surface area contributed by atoms with Gasteiger partial charge < -0.3 is 4.74 Å². The van der Waals surface area contributed by atoms with Crippen LogP contribution in [0.2, 0.25) is 0 Å². The number of ether oxygens (including phenoxy) is 1. The van der Waals surface area contributed by atoms with Crippen molar-refractivity contribution >= 4 is 17.9 Å². The van der Waals surface area contributed by atoms with Crippen LogP contribution < -0.4 is 15.6 Å². The van der Waals surface area contributed by atoms with Gasteiger partial charge in [0.2, 0.25) is 0 Å². The highest BCUT2D eigenvalue weighted by molar-refractivity contribution is 5.93. The van der Waals surface area contributed by atoms with E-state index >= 15 is 0 Å². The van der Waals surface area contributed by atoms with Crippen molar-refractivity contribution in [3.63, 3.8) is 0 Å². The molecule has 0 spiro atoms. The normalized spacial score (nSPS) is 10.4. The molecule has 0 fully saturated rings. The van der Waals surface area contributed by atoms with E-state index in [-0.39, 0.29) is 5.75 Å². The molecule has 24 heavy (non-hydrogen) atoms. The summed E-state index contributed by atoms with van der Waals surface area (Å²) < 4.78 is 18.3. The summed E-state index contributed by atoms with van der Waals surface area (Å²) in [6, 6.07) is 13.4. The molecular weight excluding hydrogens is 311 g/mol. The van der Waals surface area contributed by atoms with E-state index in [1.54, 1.807) is 12.1 Å². The number of rotatable bonds is 5. The quantitative estimate of drug-likeness (QED) is 0.654. The molecule has 2 aromatic carbocycles. The third kappa shape index (κ3) is 5.57. The molecule has 2 rings (SSSR count). The highest BCUT2D eigenvalue weighted by Gasteiger charge is 2.06. The van der Waals surface area contributed by atoms with Gasteiger partial charge in [0.15, 0.2) is 18.2 Å². The van der Waals surface area contributed by atoms with Gasteiger partial charge in [-0.2, -0.15) is 0 Å². The van der Waals surface area contributed by atoms with Gasteiger partial charge in [0.05, 0.1) is 0 Å². The summed E-state index contributed by atoms with van der Waals surface area (Å²) in [6.07, 6.45) is 2.92. The average Bonchev–Trinajstić information content (AvgIpc) is 2.58. The number of nitrogens with one attached hydrogen (secondary N) is 2. The first-order chi connectivity index (χ1) is 11.5. The summed E-state index contributed by atoms with van der Waals surface area (Å²) in [5, 5.41) is 0. The van der Waals surface area contributed by atoms with Crippen molar-refractivity contribution in [2.75, 3.05) is 6.61 Å². The minimum Gasteiger partial charge on any atom is -0.481 e. The van der Waals surface area contributed by atoms with Crippen molar-refractivity contribution in [1.82, 2.24) is 10.9 Å². The van der Waals surface area contributed by atoms with Crippen molar-refractivity contribution in [2.45, 2.75) is 6.92 Å². The summed E-state index contributed by atoms with van der Waals surface area (Å²) in [4.78, 5) is 23.1. The first-order valence-corrected chi connectivity index (χ1v) is 7.25. The van der Waals surface area contributed by atoms with Gasteiger partial charge >= 0.3 is 0 Å². The molecule has 0 aliphatic carbocycles. The Bertz CT molecular complexity index is 742. The van der Waals surface area contributed by atoms with Crippen LogP contribution in [-0.4, -0.2) is 18.4 Å². The molecule has 0 aliphatic rings. The third-order valence-electron chi connectivity index (χ3n) is 3.03. The monoisotopic (exact) mass is 328 g/mol. The lowest BCUT2D eigenvalue weighted by Gasteiger charge is -2.08. The predicted octanol–water partition coefficient (Wildman–Crippen LogP) is 2.37. The standard InChI is InChI=1S/C18H17FN2O3/c1-13-6-8-14(9-7-13)10-11-17(22)20-21-18(23)12-24-16-5-3-2-4-15(16)19/h2-11H,12H2,1H3,(H,20,22)(H,21,23)/b11-10+. The fourth-order valence-electron chi connectivity index (χ4n) is 1.76. The molecule has 0 heterocycles. The lowest BCUT2D eigenvalue weighted by Crippen LogP contribution is -2.43. The van der Waals surface area contributed by atoms with Gasteiger partial charge in [-0.25, -0.2) is 4.39 Å². The second-order valence-electron chi connectivity index (χ2n) is 5.00. The smallest absolute Gasteiger partial charge is 0.276 e. The topological polar surface area (TPSA) is 67.4 Å². The van der Waals surface area contributed by atoms with Crippen LogP contribution in [0.25, 0.3) is 6.08 Å². The van der Waals surface area contributed by atoms with Crippen molar-refractivity contribution in [1.29, 1.82) is 0 Å². The lowest BCUT2D eigenvalue weighted by atomic mass is 10.1. The summed E-state index contributed by atoms with van der Waals surface area (Å²) >= 11 is 0. The molecule has 0 aromatic heterocycles. The molecule has 6 heteroatoms. The largest absolute Gasteiger partial charge is 0.481 e. The molecule has 0 aliphatic heterocycles. The van der Waals surface area contributed by atoms with Crippen LogP contribution in [0, 0.1) is 12.7 Å². The van der Waals surface area contributed by atoms with Gasteiger partial charge in [0.25, 0.3) is 11.8 Å². The van der Waals surface area contributed by atoms with Crippen LogP contribution in [0.15, 0.2) is 54.6 Å². The molecule has 2 N–H and O–H groups in total. The van der Waals surface area contributed by atoms with E-state index in [1.807, 2.05) is 31.2 Å². The Labute approximate surface area is 139 Å². The second kappa shape index (κ2) is 8.47. The van der Waals surface area contributed by atoms with Crippen molar-refractivity contribution in [2.24, 2.45) is 0 Å². The van der Waals surface area contributed by atoms with Gasteiger partial charge in [0.1, 0.15) is 0 Å². The number of amides is 2. The van der Waals surface area contributed by atoms with Crippen LogP contribution in [0.4, 0.5) is 4.39 Å². The molecule has 0 saturated heterocycles. The van der Waals surface area contributed by atoms with Gasteiger partial charge in [0, 0.05) is 6.08 Å². The van der Waals surface area contributed by atoms with Gasteiger partial charge in [-0.3, -0.25) is 20.4 Å². The molecule has 2 aromatic rings. The number of hydrogen-bond donors (Lipinski definition) is 2. The molecule has 0 unspecified atom stereocenters. The second-order valence-corrected chi connectivity index (χ2v) is 5.00. The van der Waals surface area contributed by atoms with E-state index in [1.165, 1.54) is 24.3 Å². The van der Waals surface area contributed by atoms with Gasteiger partial charge in [-0.05, 0) is 30.7 Å². The molecule has 124 valence electrons. The summed E-state index contributed by atoms with van der Waals surface area (Å²) in [5.41, 5.74) is 6.39. The van der Waals surface area contributed by atoms with E-state index in [2.05, 4.69) is 10.9 Å². The van der Waals surface area contributed by atoms with Crippen molar-refractivity contribution in [3.05, 3.63) is 71.6 Å². The van der Waals surface area contributed by atoms with Crippen molar-refractivity contribution < 1.29 is 18.7 Å². The zero-order valence-corrected chi connectivity index (χ0v) is 13.1. The van der Waals surface area contributed by atoms with E-state index in [9.17, 15) is 14.0 Å². The molecular formula is C18H17FN2O3. The average molecular weight is 328 g/mol. The Balaban J connectivity index is 1.74. The maximum atomic E-state index is 13.3. The number of carbonyl (C=O) groups is 2. The number of para-hydroxylation sites is 1. The SMILES string of the molecule is Cc1ccc(/C=C/C(=O)NNC(=O)COc2ccccc2F)cc1. The van der Waals surface area contributed by atoms with Gasteiger partial charge in [-0.1, -0.05) is 42.0 Å². The van der Waals surface area contributed by atoms with Crippen LogP contribution in [0.3, 0.4) is 0 Å². The maximum Gasteiger partial charge on any atom is 0.276 e. The van der Waals surface area contributed by atoms with Crippen LogP contribution in [-0.2, 0) is 9.59 Å². The molecule has 0 bridgehead atoms. The molecule has 2 amide bonds. The number of halogens is 1. The molecule has 5 nitrogen and oxygen atoms in total. The van der Waals surface area contributed by atoms with E-state index < -0.39 is 24.2 Å². The van der Waals surface area contributed by atoms with Gasteiger partial charge in [-0.15, -0.1) is 0 Å². The number of aryl methyl sites for hydroxylation is 1. The summed E-state index contributed by atoms with van der Waals surface area (Å²) in [5.74, 6) is -1.68. The lowest BCUT2D eigenvalue weighted by molar-refractivity contribution is -0.128. The number of hydrogen-bond acceptors (Lipinski definition) is 3. The maximum absolute atomic E-state index is 13.3. The summed E-state index contributed by atoms with van der Waals surface area (Å²) in [6.45, 7) is 1.56. The predicted molar refractivity (Wildman–Crippen MR) is 88.4 cm³/mol. The zero-order valence-electron chi connectivity index (χ0n) is 13.1. The minimum absolute atomic E-state index is 0.0294. The zero-order chi connectivity index (χ0) is 17.4. The first kappa shape index (κ1) is 17.2. The number of hydrazine groups is 1. The Morgan fingerprint density at radius 1 is 1.08 bits per heavy atom. The first-order valence-electron chi connectivity index (χ1n) is 7.25. The fraction of sp³-hybridized carbons (Fsp3) is 0.111. The fourth-order valence-corrected chi connectivity index (χ4v) is 1.76. The van der Waals surface area contributed by atoms with Crippen LogP contribution >= 0.6 is 0 Å². The van der Waals surface area contributed by atoms with E-state index in [0.29, 0.717) is 0 Å². The Morgan fingerprint density at radius 2 is 1.79 bits per heavy atom. The van der Waals surface area contributed by atoms with E-state index in [0.717, 1.165) is 11.1 Å². The third-order valence-corrected chi connectivity index (χ3v) is 3.03. The Kier molecular flexibility index (Phi) is 6.08. The van der Waals surface area contributed by atoms with Crippen LogP contribution in [0.1, 0.15) is 11.1 Å². The summed E-state index contributed by atoms with van der Waals surface area (Å²) in [7, 11) is 0. The minimum atomic E-state index is -0.602. The Morgan fingerprint density at radius 3 is 2.50 bits per heavy atom. The molecule has 0 atom stereocenters. The number of carbonyl (C=O) groups excluding carboxylic acids is 2. The molecule has 0 saturated carbocycles. The van der Waals surface area contributed by atoms with Crippen molar-refractivity contribution in [3.8, 4) is 5.75 Å². The van der Waals surface area contributed by atoms with Crippen LogP contribution in [0.5, 0.6) is 5.75 Å².